The molecule has 2 heteroatoms. The van der Waals surface area contributed by atoms with E-state index in [4.69, 9.17) is 4.11 Å². The molecule has 0 unspecified atom stereocenters. The van der Waals surface area contributed by atoms with Crippen molar-refractivity contribution in [3.63, 3.8) is 0 Å². The third kappa shape index (κ3) is 0.827. The highest BCUT2D eigenvalue weighted by molar-refractivity contribution is 5.52. The number of aryl methyl sites for hydroxylation is 2. The first-order valence-corrected chi connectivity index (χ1v) is 3.44. The second-order valence-electron chi connectivity index (χ2n) is 2.48. The van der Waals surface area contributed by atoms with Crippen molar-refractivity contribution >= 4 is 5.52 Å². The molecule has 2 aromatic heterocycles. The fraction of sp³-hybridized carbons (Fsp3) is 0.222. The van der Waals surface area contributed by atoms with Crippen LogP contribution in [-0.4, -0.2) is 9.38 Å². The molecule has 0 saturated heterocycles. The molecule has 0 bridgehead atoms. The van der Waals surface area contributed by atoms with Gasteiger partial charge in [-0.2, -0.15) is 0 Å². The van der Waals surface area contributed by atoms with Crippen molar-refractivity contribution in [1.29, 1.82) is 0 Å². The van der Waals surface area contributed by atoms with Crippen LogP contribution in [0.2, 0.25) is 0 Å². The summed E-state index contributed by atoms with van der Waals surface area (Å²) in [6, 6.07) is 5.52. The lowest BCUT2D eigenvalue weighted by Gasteiger charge is -1.92. The lowest BCUT2D eigenvalue weighted by atomic mass is 10.3. The highest BCUT2D eigenvalue weighted by Crippen LogP contribution is 2.10. The van der Waals surface area contributed by atoms with Gasteiger partial charge in [0.1, 0.15) is 5.82 Å². The number of hydrogen-bond donors (Lipinski definition) is 0. The van der Waals surface area contributed by atoms with E-state index in [9.17, 15) is 0 Å². The van der Waals surface area contributed by atoms with Crippen LogP contribution in [0.4, 0.5) is 0 Å². The topological polar surface area (TPSA) is 17.3 Å². The van der Waals surface area contributed by atoms with Crippen LogP contribution in [0.25, 0.3) is 5.52 Å². The van der Waals surface area contributed by atoms with Crippen molar-refractivity contribution in [1.82, 2.24) is 9.38 Å². The Bertz CT molecular complexity index is 470. The van der Waals surface area contributed by atoms with Gasteiger partial charge in [-0.25, -0.2) is 4.98 Å². The first-order chi connectivity index (χ1) is 6.50. The molecule has 0 aliphatic carbocycles. The molecular formula is C9H10N2. The zero-order valence-electron chi connectivity index (χ0n) is 9.20. The van der Waals surface area contributed by atoms with Crippen molar-refractivity contribution in [2.75, 3.05) is 0 Å². The smallest absolute Gasteiger partial charge is 0.110 e. The van der Waals surface area contributed by atoms with Gasteiger partial charge >= 0.3 is 0 Å². The van der Waals surface area contributed by atoms with Crippen LogP contribution in [0.3, 0.4) is 0 Å². The van der Waals surface area contributed by atoms with E-state index in [2.05, 4.69) is 4.98 Å². The zero-order valence-corrected chi connectivity index (χ0v) is 6.20. The van der Waals surface area contributed by atoms with Crippen molar-refractivity contribution in [3.05, 3.63) is 35.9 Å². The molecule has 0 aromatic carbocycles. The molecule has 56 valence electrons. The fourth-order valence-electron chi connectivity index (χ4n) is 1.19. The molecule has 0 radical (unpaired) electrons. The van der Waals surface area contributed by atoms with Crippen molar-refractivity contribution in [3.8, 4) is 0 Å². The minimum Gasteiger partial charge on any atom is -0.304 e. The molecule has 2 aromatic rings. The van der Waals surface area contributed by atoms with Gasteiger partial charge in [0.2, 0.25) is 0 Å². The van der Waals surface area contributed by atoms with Gasteiger partial charge in [0.15, 0.2) is 0 Å². The monoisotopic (exact) mass is 149 g/mol. The average molecular weight is 149 g/mol. The summed E-state index contributed by atoms with van der Waals surface area (Å²) >= 11 is 0. The van der Waals surface area contributed by atoms with Crippen molar-refractivity contribution in [2.24, 2.45) is 0 Å². The molecule has 0 spiro atoms. The largest absolute Gasteiger partial charge is 0.304 e. The van der Waals surface area contributed by atoms with Gasteiger partial charge in [-0.15, -0.1) is 0 Å². The van der Waals surface area contributed by atoms with Crippen LogP contribution in [-0.2, 0) is 0 Å². The fourth-order valence-corrected chi connectivity index (χ4v) is 1.19. The van der Waals surface area contributed by atoms with Gasteiger partial charge in [-0.05, 0) is 25.9 Å². The third-order valence-corrected chi connectivity index (χ3v) is 1.73. The van der Waals surface area contributed by atoms with E-state index in [1.165, 1.54) is 0 Å². The van der Waals surface area contributed by atoms with E-state index in [1.54, 1.807) is 16.7 Å². The molecule has 0 saturated carbocycles. The van der Waals surface area contributed by atoms with E-state index in [0.717, 1.165) is 11.2 Å². The lowest BCUT2D eigenvalue weighted by molar-refractivity contribution is 1.04. The Morgan fingerprint density at radius 2 is 2.45 bits per heavy atom. The van der Waals surface area contributed by atoms with Crippen LogP contribution in [0.1, 0.15) is 15.6 Å². The van der Waals surface area contributed by atoms with Crippen molar-refractivity contribution < 1.29 is 4.11 Å². The Labute approximate surface area is 69.7 Å². The van der Waals surface area contributed by atoms with E-state index < -0.39 is 6.85 Å². The summed E-state index contributed by atoms with van der Waals surface area (Å²) in [6.07, 6.45) is 1.72. The number of imidazole rings is 1. The zero-order chi connectivity index (χ0) is 10.3. The summed E-state index contributed by atoms with van der Waals surface area (Å²) in [4.78, 5) is 4.06. The molecule has 0 atom stereocenters. The highest BCUT2D eigenvalue weighted by atomic mass is 15.0. The Morgan fingerprint density at radius 3 is 3.27 bits per heavy atom. The molecule has 0 fully saturated rings. The van der Waals surface area contributed by atoms with E-state index >= 15 is 0 Å². The minimum absolute atomic E-state index is 0.130. The minimum atomic E-state index is -2.15. The normalized spacial score (nSPS) is 15.9. The molecule has 2 rings (SSSR count). The molecule has 2 heterocycles. The van der Waals surface area contributed by atoms with Gasteiger partial charge in [0, 0.05) is 10.3 Å². The maximum atomic E-state index is 7.32. The number of pyridine rings is 1. The summed E-state index contributed by atoms with van der Waals surface area (Å²) in [5.74, 6) is 0.130. The second-order valence-corrected chi connectivity index (χ2v) is 2.48. The van der Waals surface area contributed by atoms with E-state index in [0.29, 0.717) is 0 Å². The van der Waals surface area contributed by atoms with Gasteiger partial charge in [0.25, 0.3) is 0 Å². The quantitative estimate of drug-likeness (QED) is 0.559. The van der Waals surface area contributed by atoms with Gasteiger partial charge in [-0.3, -0.25) is 0 Å². The number of aromatic nitrogens is 2. The average Bonchev–Trinajstić information content (AvgIpc) is 2.44. The SMILES string of the molecule is [2H]C([2H])([2H])c1nc(C)c2ccccn12. The van der Waals surface area contributed by atoms with E-state index in [1.807, 2.05) is 19.1 Å². The summed E-state index contributed by atoms with van der Waals surface area (Å²) in [5, 5.41) is 0. The first-order valence-electron chi connectivity index (χ1n) is 4.94. The molecular weight excluding hydrogens is 136 g/mol. The molecule has 2 nitrogen and oxygen atoms in total. The van der Waals surface area contributed by atoms with Crippen LogP contribution in [0, 0.1) is 13.8 Å². The molecule has 0 N–H and O–H groups in total. The standard InChI is InChI=1S/C9H10N2/c1-7-9-5-3-4-6-11(9)8(2)10-7/h3-6H,1-2H3/i2D3. The Kier molecular flexibility index (Phi) is 0.741. The maximum absolute atomic E-state index is 7.32. The summed E-state index contributed by atoms with van der Waals surface area (Å²) in [7, 11) is 0. The Morgan fingerprint density at radius 1 is 1.55 bits per heavy atom. The summed E-state index contributed by atoms with van der Waals surface area (Å²) in [6.45, 7) is -0.344. The Balaban J connectivity index is 2.80. The van der Waals surface area contributed by atoms with Gasteiger partial charge in [-0.1, -0.05) is 6.07 Å². The van der Waals surface area contributed by atoms with Crippen LogP contribution >= 0.6 is 0 Å². The molecule has 0 aliphatic heterocycles. The molecule has 0 amide bonds. The van der Waals surface area contributed by atoms with Gasteiger partial charge in [0.05, 0.1) is 11.2 Å². The van der Waals surface area contributed by atoms with Crippen LogP contribution in [0.15, 0.2) is 24.4 Å². The second kappa shape index (κ2) is 2.09. The predicted molar refractivity (Wildman–Crippen MR) is 44.7 cm³/mol. The number of nitrogens with zero attached hydrogens (tertiary/aromatic N) is 2. The predicted octanol–water partition coefficient (Wildman–Crippen LogP) is 1.95. The summed E-state index contributed by atoms with van der Waals surface area (Å²) < 4.78 is 23.6. The maximum Gasteiger partial charge on any atom is 0.110 e. The number of rotatable bonds is 0. The number of hydrogen-bond acceptors (Lipinski definition) is 1. The number of fused-ring (bicyclic) bond motifs is 1. The summed E-state index contributed by atoms with van der Waals surface area (Å²) in [5.41, 5.74) is 1.59. The van der Waals surface area contributed by atoms with E-state index in [-0.39, 0.29) is 5.82 Å². The Hall–Kier alpha value is -1.31. The van der Waals surface area contributed by atoms with Crippen LogP contribution < -0.4 is 0 Å². The molecule has 0 aliphatic rings. The van der Waals surface area contributed by atoms with Crippen LogP contribution in [0.5, 0.6) is 0 Å². The third-order valence-electron chi connectivity index (χ3n) is 1.73. The highest BCUT2D eigenvalue weighted by Gasteiger charge is 2.00. The van der Waals surface area contributed by atoms with Crippen molar-refractivity contribution in [2.45, 2.75) is 13.8 Å². The first kappa shape index (κ1) is 3.90. The lowest BCUT2D eigenvalue weighted by Crippen LogP contribution is -1.84. The van der Waals surface area contributed by atoms with Gasteiger partial charge < -0.3 is 4.40 Å². The molecule has 11 heavy (non-hydrogen) atoms.